The van der Waals surface area contributed by atoms with E-state index >= 15 is 0 Å². The summed E-state index contributed by atoms with van der Waals surface area (Å²) in [4.78, 5) is 37.0. The average molecular weight is 604 g/mol. The Morgan fingerprint density at radius 1 is 0.811 bits per heavy atom. The number of hydrogen-bond acceptors (Lipinski definition) is 3. The molecule has 3 N–H and O–H groups in total. The monoisotopic (exact) mass is 601 g/mol. The van der Waals surface area contributed by atoms with Crippen molar-refractivity contribution in [3.63, 3.8) is 0 Å². The van der Waals surface area contributed by atoms with E-state index in [1.165, 1.54) is 37.3 Å². The van der Waals surface area contributed by atoms with Gasteiger partial charge in [0.1, 0.15) is 10.2 Å². The molecule has 0 bridgehead atoms. The number of nitrogens with one attached hydrogen (secondary N) is 3. The topological polar surface area (TPSA) is 87.3 Å². The van der Waals surface area contributed by atoms with E-state index in [9.17, 15) is 18.8 Å². The van der Waals surface area contributed by atoms with Crippen molar-refractivity contribution in [1.29, 1.82) is 0 Å². The highest BCUT2D eigenvalue weighted by Crippen LogP contribution is 2.65. The fourth-order valence-electron chi connectivity index (χ4n) is 3.86. The van der Waals surface area contributed by atoms with Gasteiger partial charge in [-0.1, -0.05) is 40.9 Å². The van der Waals surface area contributed by atoms with E-state index < -0.39 is 33.8 Å². The molecule has 0 heterocycles. The van der Waals surface area contributed by atoms with Gasteiger partial charge in [-0.15, -0.1) is 23.2 Å². The summed E-state index contributed by atoms with van der Waals surface area (Å²) < 4.78 is 13.1. The summed E-state index contributed by atoms with van der Waals surface area (Å²) in [6, 6.07) is 13.0. The Bertz CT molecular complexity index is 1430. The van der Waals surface area contributed by atoms with Crippen LogP contribution in [0.1, 0.15) is 28.8 Å². The first-order valence-electron chi connectivity index (χ1n) is 10.7. The van der Waals surface area contributed by atoms with Gasteiger partial charge in [0.2, 0.25) is 11.8 Å². The summed E-state index contributed by atoms with van der Waals surface area (Å²) in [6.07, 6.45) is 0. The Morgan fingerprint density at radius 3 is 2.11 bits per heavy atom. The van der Waals surface area contributed by atoms with Crippen LogP contribution in [-0.2, 0) is 9.59 Å². The molecular weight excluding hydrogens is 587 g/mol. The predicted molar refractivity (Wildman–Crippen MR) is 146 cm³/mol. The van der Waals surface area contributed by atoms with Crippen molar-refractivity contribution in [1.82, 2.24) is 0 Å². The number of rotatable bonds is 6. The minimum Gasteiger partial charge on any atom is -0.326 e. The van der Waals surface area contributed by atoms with Crippen LogP contribution in [0.4, 0.5) is 21.5 Å². The maximum atomic E-state index is 14.4. The lowest BCUT2D eigenvalue weighted by Gasteiger charge is -2.11. The molecule has 1 fully saturated rings. The van der Waals surface area contributed by atoms with Gasteiger partial charge in [0.25, 0.3) is 5.91 Å². The minimum absolute atomic E-state index is 0.00959. The number of amides is 3. The standard InChI is InChI=1S/C25H17Cl5FN3O3/c1-11(35)32-14-4-7-20(19(31)10-14)34-23(36)15-9-13(3-6-16(15)26)33-24(37)22-21(25(22,29)30)12-2-5-17(27)18(28)8-12/h2-10,21-22H,1H3,(H,32,35)(H,33,37)(H,34,36)/t21-,22+/m0/s1. The van der Waals surface area contributed by atoms with Crippen molar-refractivity contribution in [3.05, 3.63) is 86.6 Å². The molecule has 0 unspecified atom stereocenters. The van der Waals surface area contributed by atoms with Gasteiger partial charge in [-0.3, -0.25) is 14.4 Å². The fourth-order valence-corrected chi connectivity index (χ4v) is 5.20. The van der Waals surface area contributed by atoms with E-state index in [1.807, 2.05) is 0 Å². The smallest absolute Gasteiger partial charge is 0.257 e. The van der Waals surface area contributed by atoms with Gasteiger partial charge in [0, 0.05) is 24.2 Å². The molecule has 0 radical (unpaired) electrons. The quantitative estimate of drug-likeness (QED) is 0.255. The van der Waals surface area contributed by atoms with E-state index in [0.29, 0.717) is 15.6 Å². The van der Waals surface area contributed by atoms with Crippen LogP contribution in [0.3, 0.4) is 0 Å². The molecule has 1 aliphatic rings. The SMILES string of the molecule is CC(=O)Nc1ccc(NC(=O)c2cc(NC(=O)[C@H]3[C@H](c4ccc(Cl)c(Cl)c4)C3(Cl)Cl)ccc2Cl)c(F)c1. The molecule has 3 amide bonds. The van der Waals surface area contributed by atoms with Gasteiger partial charge in [-0.25, -0.2) is 4.39 Å². The molecule has 0 aromatic heterocycles. The van der Waals surface area contributed by atoms with Crippen LogP contribution in [0.25, 0.3) is 0 Å². The minimum atomic E-state index is -1.37. The number of hydrogen-bond donors (Lipinski definition) is 3. The van der Waals surface area contributed by atoms with Gasteiger partial charge in [-0.2, -0.15) is 0 Å². The van der Waals surface area contributed by atoms with Crippen LogP contribution in [0.2, 0.25) is 15.1 Å². The molecule has 3 aromatic rings. The lowest BCUT2D eigenvalue weighted by atomic mass is 10.1. The van der Waals surface area contributed by atoms with Crippen LogP contribution in [0, 0.1) is 11.7 Å². The first-order valence-corrected chi connectivity index (χ1v) is 12.6. The van der Waals surface area contributed by atoms with Gasteiger partial charge in [0.05, 0.1) is 32.2 Å². The summed E-state index contributed by atoms with van der Waals surface area (Å²) >= 11 is 31.0. The molecule has 192 valence electrons. The second-order valence-electron chi connectivity index (χ2n) is 8.32. The average Bonchev–Trinajstić information content (AvgIpc) is 3.40. The van der Waals surface area contributed by atoms with Crippen LogP contribution in [0.5, 0.6) is 0 Å². The first-order chi connectivity index (χ1) is 17.4. The second kappa shape index (κ2) is 10.7. The molecule has 0 aliphatic heterocycles. The van der Waals surface area contributed by atoms with Crippen LogP contribution in [0.15, 0.2) is 54.6 Å². The molecule has 6 nitrogen and oxygen atoms in total. The molecule has 12 heteroatoms. The maximum absolute atomic E-state index is 14.4. The Morgan fingerprint density at radius 2 is 1.46 bits per heavy atom. The predicted octanol–water partition coefficient (Wildman–Crippen LogP) is 7.52. The number of alkyl halides is 2. The maximum Gasteiger partial charge on any atom is 0.257 e. The second-order valence-corrected chi connectivity index (χ2v) is 11.0. The summed E-state index contributed by atoms with van der Waals surface area (Å²) in [6.45, 7) is 1.29. The molecule has 1 aliphatic carbocycles. The molecule has 37 heavy (non-hydrogen) atoms. The Hall–Kier alpha value is -2.55. The third-order valence-corrected chi connectivity index (χ3v) is 7.66. The van der Waals surface area contributed by atoms with Crippen molar-refractivity contribution < 1.29 is 18.8 Å². The highest BCUT2D eigenvalue weighted by atomic mass is 35.5. The Balaban J connectivity index is 1.48. The highest BCUT2D eigenvalue weighted by molar-refractivity contribution is 6.53. The molecule has 1 saturated carbocycles. The highest BCUT2D eigenvalue weighted by Gasteiger charge is 2.67. The first kappa shape index (κ1) is 27.5. The Labute approximate surface area is 236 Å². The van der Waals surface area contributed by atoms with E-state index in [0.717, 1.165) is 6.07 Å². The Kier molecular flexibility index (Phi) is 7.93. The molecule has 0 spiro atoms. The third-order valence-electron chi connectivity index (χ3n) is 5.65. The molecule has 0 saturated heterocycles. The van der Waals surface area contributed by atoms with Gasteiger partial charge in [0.15, 0.2) is 0 Å². The molecule has 2 atom stereocenters. The summed E-state index contributed by atoms with van der Waals surface area (Å²) in [5.74, 6) is -3.63. The van der Waals surface area contributed by atoms with Crippen LogP contribution < -0.4 is 16.0 Å². The summed E-state index contributed by atoms with van der Waals surface area (Å²) in [7, 11) is 0. The lowest BCUT2D eigenvalue weighted by Crippen LogP contribution is -2.18. The largest absolute Gasteiger partial charge is 0.326 e. The van der Waals surface area contributed by atoms with Gasteiger partial charge in [-0.05, 0) is 54.1 Å². The number of benzene rings is 3. The van der Waals surface area contributed by atoms with E-state index in [1.54, 1.807) is 18.2 Å². The van der Waals surface area contributed by atoms with E-state index in [4.69, 9.17) is 58.0 Å². The zero-order valence-electron chi connectivity index (χ0n) is 18.8. The zero-order valence-corrected chi connectivity index (χ0v) is 22.6. The van der Waals surface area contributed by atoms with Gasteiger partial charge < -0.3 is 16.0 Å². The zero-order chi connectivity index (χ0) is 27.1. The number of halogens is 6. The number of anilines is 3. The van der Waals surface area contributed by atoms with Crippen molar-refractivity contribution in [2.45, 2.75) is 17.2 Å². The fraction of sp³-hybridized carbons (Fsp3) is 0.160. The summed E-state index contributed by atoms with van der Waals surface area (Å²) in [5, 5.41) is 8.31. The van der Waals surface area contributed by atoms with Crippen molar-refractivity contribution in [2.75, 3.05) is 16.0 Å². The van der Waals surface area contributed by atoms with Crippen LogP contribution in [-0.4, -0.2) is 22.1 Å². The molecule has 3 aromatic carbocycles. The van der Waals surface area contributed by atoms with E-state index in [-0.39, 0.29) is 33.6 Å². The van der Waals surface area contributed by atoms with Crippen molar-refractivity contribution in [2.24, 2.45) is 5.92 Å². The number of carbonyl (C=O) groups is 3. The van der Waals surface area contributed by atoms with Gasteiger partial charge >= 0.3 is 0 Å². The summed E-state index contributed by atoms with van der Waals surface area (Å²) in [5.41, 5.74) is 1.01. The van der Waals surface area contributed by atoms with Crippen molar-refractivity contribution in [3.8, 4) is 0 Å². The van der Waals surface area contributed by atoms with Crippen molar-refractivity contribution >= 4 is 92.8 Å². The lowest BCUT2D eigenvalue weighted by molar-refractivity contribution is -0.117. The molecular formula is C25H17Cl5FN3O3. The third kappa shape index (κ3) is 5.97. The van der Waals surface area contributed by atoms with Crippen LogP contribution >= 0.6 is 58.0 Å². The van der Waals surface area contributed by atoms with E-state index in [2.05, 4.69) is 16.0 Å². The number of carbonyl (C=O) groups excluding carboxylic acids is 3. The molecule has 4 rings (SSSR count). The normalized spacial score (nSPS) is 17.6.